The fourth-order valence-electron chi connectivity index (χ4n) is 1.32. The van der Waals surface area contributed by atoms with Crippen LogP contribution in [0.25, 0.3) is 0 Å². The van der Waals surface area contributed by atoms with Crippen LogP contribution in [0.15, 0.2) is 58.2 Å². The molecule has 2 rings (SSSR count). The largest absolute Gasteiger partial charge is 0.293 e. The van der Waals surface area contributed by atoms with Gasteiger partial charge in [-0.1, -0.05) is 45.9 Å². The van der Waals surface area contributed by atoms with Gasteiger partial charge in [-0.25, -0.2) is 4.98 Å². The standard InChI is InChI=1S/C13H10BrNOS/c14-11-5-3-4-10(8-11)12(16)9-17-13-6-1-2-7-15-13/h1-8H,9H2. The van der Waals surface area contributed by atoms with Gasteiger partial charge in [0.1, 0.15) is 0 Å². The molecule has 0 amide bonds. The Balaban J connectivity index is 1.98. The van der Waals surface area contributed by atoms with Crippen molar-refractivity contribution in [3.63, 3.8) is 0 Å². The minimum absolute atomic E-state index is 0.113. The average molecular weight is 308 g/mol. The third kappa shape index (κ3) is 3.68. The first-order valence-corrected chi connectivity index (χ1v) is 6.86. The van der Waals surface area contributed by atoms with Crippen LogP contribution < -0.4 is 0 Å². The highest BCUT2D eigenvalue weighted by Crippen LogP contribution is 2.18. The van der Waals surface area contributed by atoms with Crippen molar-refractivity contribution >= 4 is 33.5 Å². The molecule has 0 aliphatic carbocycles. The Morgan fingerprint density at radius 1 is 1.24 bits per heavy atom. The van der Waals surface area contributed by atoms with Crippen molar-refractivity contribution in [2.75, 3.05) is 5.75 Å². The molecule has 1 aromatic carbocycles. The molecule has 4 heteroatoms. The van der Waals surface area contributed by atoms with E-state index < -0.39 is 0 Å². The van der Waals surface area contributed by atoms with E-state index in [1.165, 1.54) is 11.8 Å². The predicted octanol–water partition coefficient (Wildman–Crippen LogP) is 3.82. The van der Waals surface area contributed by atoms with Crippen molar-refractivity contribution in [2.45, 2.75) is 5.03 Å². The van der Waals surface area contributed by atoms with Crippen LogP contribution >= 0.6 is 27.7 Å². The van der Waals surface area contributed by atoms with Crippen molar-refractivity contribution in [2.24, 2.45) is 0 Å². The van der Waals surface area contributed by atoms with Crippen LogP contribution in [-0.2, 0) is 0 Å². The molecule has 0 saturated carbocycles. The highest BCUT2D eigenvalue weighted by Gasteiger charge is 2.07. The van der Waals surface area contributed by atoms with Crippen molar-refractivity contribution in [3.05, 3.63) is 58.7 Å². The lowest BCUT2D eigenvalue weighted by Gasteiger charge is -2.01. The summed E-state index contributed by atoms with van der Waals surface area (Å²) in [7, 11) is 0. The van der Waals surface area contributed by atoms with Gasteiger partial charge in [0.05, 0.1) is 10.8 Å². The fourth-order valence-corrected chi connectivity index (χ4v) is 2.47. The van der Waals surface area contributed by atoms with Gasteiger partial charge in [-0.3, -0.25) is 4.79 Å². The number of halogens is 1. The molecule has 86 valence electrons. The Kier molecular flexibility index (Phi) is 4.34. The van der Waals surface area contributed by atoms with E-state index in [4.69, 9.17) is 0 Å². The number of aromatic nitrogens is 1. The first-order chi connectivity index (χ1) is 8.25. The molecule has 0 aliphatic rings. The molecule has 2 nitrogen and oxygen atoms in total. The Bertz CT molecular complexity index is 516. The van der Waals surface area contributed by atoms with Gasteiger partial charge in [0.25, 0.3) is 0 Å². The minimum Gasteiger partial charge on any atom is -0.293 e. The van der Waals surface area contributed by atoms with Gasteiger partial charge in [-0.2, -0.15) is 0 Å². The smallest absolute Gasteiger partial charge is 0.173 e. The lowest BCUT2D eigenvalue weighted by molar-refractivity contribution is 0.102. The topological polar surface area (TPSA) is 30.0 Å². The zero-order valence-electron chi connectivity index (χ0n) is 8.97. The van der Waals surface area contributed by atoms with Gasteiger partial charge in [-0.05, 0) is 24.3 Å². The number of pyridine rings is 1. The Morgan fingerprint density at radius 2 is 2.12 bits per heavy atom. The van der Waals surface area contributed by atoms with Crippen LogP contribution in [0.3, 0.4) is 0 Å². The summed E-state index contributed by atoms with van der Waals surface area (Å²) in [6.45, 7) is 0. The molecule has 2 aromatic rings. The van der Waals surface area contributed by atoms with Crippen LogP contribution in [0.4, 0.5) is 0 Å². The van der Waals surface area contributed by atoms with Crippen molar-refractivity contribution in [3.8, 4) is 0 Å². The summed E-state index contributed by atoms with van der Waals surface area (Å²) in [5.41, 5.74) is 0.725. The number of rotatable bonds is 4. The van der Waals surface area contributed by atoms with Gasteiger partial charge in [0.15, 0.2) is 5.78 Å². The zero-order valence-corrected chi connectivity index (χ0v) is 11.4. The second kappa shape index (κ2) is 5.98. The van der Waals surface area contributed by atoms with Crippen molar-refractivity contribution in [1.29, 1.82) is 0 Å². The molecule has 0 N–H and O–H groups in total. The second-order valence-corrected chi connectivity index (χ2v) is 5.30. The number of carbonyl (C=O) groups excluding carboxylic acids is 1. The normalized spacial score (nSPS) is 10.2. The van der Waals surface area contributed by atoms with E-state index in [9.17, 15) is 4.79 Å². The average Bonchev–Trinajstić information content (AvgIpc) is 2.37. The number of ketones is 1. The molecule has 17 heavy (non-hydrogen) atoms. The zero-order chi connectivity index (χ0) is 12.1. The molecule has 0 radical (unpaired) electrons. The Labute approximate surface area is 113 Å². The van der Waals surface area contributed by atoms with Gasteiger partial charge in [0.2, 0.25) is 0 Å². The van der Waals surface area contributed by atoms with Gasteiger partial charge < -0.3 is 0 Å². The lowest BCUT2D eigenvalue weighted by atomic mass is 10.2. The van der Waals surface area contributed by atoms with E-state index in [1.54, 1.807) is 6.20 Å². The molecule has 0 aliphatic heterocycles. The summed E-state index contributed by atoms with van der Waals surface area (Å²) in [5.74, 6) is 0.523. The van der Waals surface area contributed by atoms with E-state index in [0.29, 0.717) is 5.75 Å². The fraction of sp³-hybridized carbons (Fsp3) is 0.0769. The molecule has 1 aromatic heterocycles. The molecule has 1 heterocycles. The lowest BCUT2D eigenvalue weighted by Crippen LogP contribution is -2.02. The molecule has 0 bridgehead atoms. The number of Topliss-reactive ketones (excluding diaryl/α,β-unsaturated/α-hetero) is 1. The highest BCUT2D eigenvalue weighted by atomic mass is 79.9. The van der Waals surface area contributed by atoms with E-state index >= 15 is 0 Å². The van der Waals surface area contributed by atoms with Crippen LogP contribution in [0.2, 0.25) is 0 Å². The predicted molar refractivity (Wildman–Crippen MR) is 73.4 cm³/mol. The summed E-state index contributed by atoms with van der Waals surface area (Å²) >= 11 is 4.81. The number of benzene rings is 1. The maximum atomic E-state index is 11.9. The molecular weight excluding hydrogens is 298 g/mol. The maximum absolute atomic E-state index is 11.9. The minimum atomic E-state index is 0.113. The van der Waals surface area contributed by atoms with Gasteiger partial charge in [-0.15, -0.1) is 0 Å². The first-order valence-electron chi connectivity index (χ1n) is 5.08. The van der Waals surface area contributed by atoms with Crippen molar-refractivity contribution in [1.82, 2.24) is 4.98 Å². The van der Waals surface area contributed by atoms with Crippen LogP contribution in [0.5, 0.6) is 0 Å². The quantitative estimate of drug-likeness (QED) is 0.635. The third-order valence-electron chi connectivity index (χ3n) is 2.14. The molecule has 0 atom stereocenters. The number of nitrogens with zero attached hydrogens (tertiary/aromatic N) is 1. The Hall–Kier alpha value is -1.13. The van der Waals surface area contributed by atoms with Crippen LogP contribution in [0, 0.1) is 0 Å². The molecule has 0 spiro atoms. The second-order valence-electron chi connectivity index (χ2n) is 3.39. The van der Waals surface area contributed by atoms with E-state index in [-0.39, 0.29) is 5.78 Å². The third-order valence-corrected chi connectivity index (χ3v) is 3.57. The van der Waals surface area contributed by atoms with Crippen LogP contribution in [0.1, 0.15) is 10.4 Å². The van der Waals surface area contributed by atoms with Crippen molar-refractivity contribution < 1.29 is 4.79 Å². The molecule has 0 saturated heterocycles. The summed E-state index contributed by atoms with van der Waals surface area (Å²) < 4.78 is 0.922. The van der Waals surface area contributed by atoms with Gasteiger partial charge >= 0.3 is 0 Å². The summed E-state index contributed by atoms with van der Waals surface area (Å²) in [6.07, 6.45) is 1.73. The molecular formula is C13H10BrNOS. The van der Waals surface area contributed by atoms with E-state index in [2.05, 4.69) is 20.9 Å². The number of thioether (sulfide) groups is 1. The summed E-state index contributed by atoms with van der Waals surface area (Å²) in [5, 5.41) is 0.871. The van der Waals surface area contributed by atoms with E-state index in [1.807, 2.05) is 42.5 Å². The SMILES string of the molecule is O=C(CSc1ccccn1)c1cccc(Br)c1. The summed E-state index contributed by atoms with van der Waals surface area (Å²) in [4.78, 5) is 16.1. The summed E-state index contributed by atoms with van der Waals surface area (Å²) in [6, 6.07) is 13.1. The van der Waals surface area contributed by atoms with Crippen LogP contribution in [-0.4, -0.2) is 16.5 Å². The number of hydrogen-bond acceptors (Lipinski definition) is 3. The first kappa shape index (κ1) is 12.3. The molecule has 0 unspecified atom stereocenters. The highest BCUT2D eigenvalue weighted by molar-refractivity contribution is 9.10. The number of carbonyl (C=O) groups is 1. The Morgan fingerprint density at radius 3 is 2.82 bits per heavy atom. The van der Waals surface area contributed by atoms with Gasteiger partial charge in [0, 0.05) is 16.2 Å². The van der Waals surface area contributed by atoms with E-state index in [0.717, 1.165) is 15.1 Å². The number of hydrogen-bond donors (Lipinski definition) is 0. The monoisotopic (exact) mass is 307 g/mol. The molecule has 0 fully saturated rings. The maximum Gasteiger partial charge on any atom is 0.173 e.